The van der Waals surface area contributed by atoms with E-state index in [1.54, 1.807) is 18.2 Å². The van der Waals surface area contributed by atoms with Gasteiger partial charge in [-0.3, -0.25) is 14.5 Å². The number of aromatic hydroxyl groups is 2. The van der Waals surface area contributed by atoms with Crippen LogP contribution in [0.1, 0.15) is 91.1 Å². The molecule has 8 aromatic heterocycles. The van der Waals surface area contributed by atoms with Gasteiger partial charge in [0.1, 0.15) is 74.8 Å². The first-order chi connectivity index (χ1) is 67.9. The van der Waals surface area contributed by atoms with Gasteiger partial charge >= 0.3 is 21.1 Å². The third kappa shape index (κ3) is 22.0. The number of aromatic nitrogens is 16. The third-order valence-electron chi connectivity index (χ3n) is 23.5. The van der Waals surface area contributed by atoms with Crippen LogP contribution in [0, 0.1) is 129 Å². The quantitative estimate of drug-likeness (QED) is 0.0804. The molecule has 0 saturated carbocycles. The predicted octanol–water partition coefficient (Wildman–Crippen LogP) is 22.5. The summed E-state index contributed by atoms with van der Waals surface area (Å²) in [6.07, 6.45) is 0. The molecule has 0 radical (unpaired) electrons. The summed E-state index contributed by atoms with van der Waals surface area (Å²) in [7, 11) is 0. The SMILES string of the molecule is Cc1cc(C)[nH]n1.Cc1cc(C)n(-c2[c-]c3c(cc2)Oc2cccc4c2B3c2[c-]c(-n3nc(C)cc3C)ccc2O4)n1.Cc1cc(C)n(-c2ccc(Br)cc2)n1.Cc1cc(C)n(-c2ccc(Oc3cccc(Oc4ccc(-n5nc(C)cc5C)cc4)c3)cc2)n1.Cc1cc(C)n(-c2ccc3c(c2)B2c4cc(-n5nc(C)cc5C)ccc4Oc4cccc(c42)O3)n1.Fc1ccc(Br)cc1.Oc1cccc(O)c1.[Pt+2]. The van der Waals surface area contributed by atoms with Crippen LogP contribution in [0.15, 0.2) is 300 Å². The van der Waals surface area contributed by atoms with E-state index in [0.29, 0.717) is 11.5 Å². The number of phenolic OH excluding ortho intramolecular Hbond substituents is 2. The summed E-state index contributed by atoms with van der Waals surface area (Å²) >= 11 is 6.59. The smallest absolute Gasteiger partial charge is 0.518 e. The zero-order chi connectivity index (χ0) is 98.7. The van der Waals surface area contributed by atoms with E-state index in [1.807, 2.05) is 273 Å². The zero-order valence-corrected chi connectivity index (χ0v) is 86.3. The number of phenols is 2. The van der Waals surface area contributed by atoms with Crippen LogP contribution in [-0.4, -0.2) is 102 Å². The van der Waals surface area contributed by atoms with Gasteiger partial charge in [-0.2, -0.15) is 52.9 Å². The number of nitrogens with zero attached hydrogens (tertiary/aromatic N) is 15. The van der Waals surface area contributed by atoms with E-state index in [9.17, 15) is 4.39 Å². The van der Waals surface area contributed by atoms with Crippen molar-refractivity contribution in [2.45, 2.75) is 111 Å². The molecule has 142 heavy (non-hydrogen) atoms. The van der Waals surface area contributed by atoms with Gasteiger partial charge < -0.3 is 38.6 Å². The number of benzene rings is 12. The van der Waals surface area contributed by atoms with Gasteiger partial charge in [0.25, 0.3) is 6.71 Å². The van der Waals surface area contributed by atoms with E-state index in [-0.39, 0.29) is 51.8 Å². The van der Waals surface area contributed by atoms with Crippen LogP contribution < -0.4 is 61.2 Å². The first kappa shape index (κ1) is 98.0. The standard InChI is InChI=1S/C28H23BN4O2.C28H21BN4O2.C28H26N4O2.C11H11BrN2.C6H4BrF.C6H6O2.C5H8N2.Pt/c2*1-16-12-18(3)32(30-16)20-8-10-24-22(14-20)29-23-15-21(33-19(4)13-17(2)31-33)9-11-25(23)35-27-7-5-6-26(34-24)28(27)29;1-19-16-21(3)31(29-19)23-8-12-25(13-9-23)33-27-6-5-7-28(18-27)34-26-14-10-24(11-15-26)32-22(4)17-20(2)30-32;1-8-7-9(2)14(13-8)11-5-3-10(12)4-6-11;7-5-1-3-6(8)4-2-5;7-5-2-1-3-6(8)4-5;1-4-3-5(2)7-6-4;/h5-15H,1-4H3;5-13H,1-4H3;5-18H,1-4H3;3-7H,1-2H3;1-4H;1-4,7-8H;3H,1-2H3,(H,6,7);/q;-2;;;;;;+2. The third-order valence-corrected chi connectivity index (χ3v) is 24.6. The minimum Gasteiger partial charge on any atom is -0.518 e. The number of rotatable bonds is 11. The van der Waals surface area contributed by atoms with E-state index in [2.05, 4.69) is 193 Å². The monoisotopic (exact) mass is 2190 g/mol. The fourth-order valence-electron chi connectivity index (χ4n) is 17.6. The van der Waals surface area contributed by atoms with E-state index in [1.165, 1.54) is 30.3 Å². The minimum atomic E-state index is -0.201. The van der Waals surface area contributed by atoms with Gasteiger partial charge in [0.05, 0.1) is 74.0 Å². The van der Waals surface area contributed by atoms with E-state index in [4.69, 9.17) is 48.8 Å². The van der Waals surface area contributed by atoms with Crippen molar-refractivity contribution in [3.63, 3.8) is 0 Å². The van der Waals surface area contributed by atoms with Crippen molar-refractivity contribution >= 4 is 78.1 Å². The second kappa shape index (κ2) is 42.2. The molecule has 4 aliphatic heterocycles. The Morgan fingerprint density at radius 3 is 0.908 bits per heavy atom. The molecule has 24 nitrogen and oxygen atoms in total. The van der Waals surface area contributed by atoms with Gasteiger partial charge in [0.2, 0.25) is 6.71 Å². The average molecular weight is 2190 g/mol. The molecule has 12 heterocycles. The summed E-state index contributed by atoms with van der Waals surface area (Å²) in [6.45, 7) is 32.2. The van der Waals surface area contributed by atoms with Crippen LogP contribution in [0.3, 0.4) is 0 Å². The minimum absolute atomic E-state index is 0. The molecule has 0 spiro atoms. The molecule has 0 aliphatic carbocycles. The molecule has 0 bridgehead atoms. The van der Waals surface area contributed by atoms with Crippen LogP contribution in [0.25, 0.3) is 39.8 Å². The summed E-state index contributed by atoms with van der Waals surface area (Å²) in [5.41, 5.74) is 29.8. The van der Waals surface area contributed by atoms with Crippen molar-refractivity contribution < 1.29 is 64.1 Å². The Bertz CT molecular complexity index is 7360. The van der Waals surface area contributed by atoms with E-state index >= 15 is 0 Å². The maximum atomic E-state index is 12.1. The van der Waals surface area contributed by atoms with Crippen molar-refractivity contribution in [3.05, 3.63) is 409 Å². The molecule has 4 aliphatic rings. The molecule has 24 rings (SSSR count). The van der Waals surface area contributed by atoms with Gasteiger partial charge in [-0.15, -0.1) is 35.2 Å². The molecule has 30 heteroatoms. The number of ether oxygens (including phenoxy) is 6. The number of halogens is 3. The molecule has 12 aromatic carbocycles. The number of hydrogen-bond donors (Lipinski definition) is 3. The number of nitrogens with one attached hydrogen (secondary N) is 1. The van der Waals surface area contributed by atoms with Gasteiger partial charge in [-0.25, -0.2) is 27.8 Å². The predicted molar refractivity (Wildman–Crippen MR) is 558 cm³/mol. The Kier molecular flexibility index (Phi) is 29.2. The average Bonchev–Trinajstić information content (AvgIpc) is 1.01. The Morgan fingerprint density at radius 2 is 0.599 bits per heavy atom. The van der Waals surface area contributed by atoms with Crippen molar-refractivity contribution in [3.8, 4) is 120 Å². The van der Waals surface area contributed by atoms with Crippen LogP contribution in [0.5, 0.6) is 80.5 Å². The Morgan fingerprint density at radius 1 is 0.296 bits per heavy atom. The molecular weight excluding hydrogens is 2090 g/mol. The van der Waals surface area contributed by atoms with Crippen LogP contribution >= 0.6 is 31.9 Å². The molecule has 0 unspecified atom stereocenters. The van der Waals surface area contributed by atoms with E-state index in [0.717, 1.165) is 230 Å². The normalized spacial score (nSPS) is 11.5. The fourth-order valence-corrected chi connectivity index (χ4v) is 18.1. The van der Waals surface area contributed by atoms with Gasteiger partial charge in [0.15, 0.2) is 0 Å². The van der Waals surface area contributed by atoms with Gasteiger partial charge in [0, 0.05) is 89.1 Å². The molecule has 20 aromatic rings. The van der Waals surface area contributed by atoms with Crippen LogP contribution in [-0.2, 0) is 21.1 Å². The Hall–Kier alpha value is -15.6. The summed E-state index contributed by atoms with van der Waals surface area (Å²) in [4.78, 5) is 0. The molecular formula is C112H99B2Br2FN16O8Pt. The zero-order valence-electron chi connectivity index (χ0n) is 80.9. The van der Waals surface area contributed by atoms with Crippen molar-refractivity contribution in [1.29, 1.82) is 0 Å². The van der Waals surface area contributed by atoms with Crippen LogP contribution in [0.2, 0.25) is 0 Å². The Balaban J connectivity index is 0.000000123. The molecule has 712 valence electrons. The number of aromatic amines is 1. The number of fused-ring (bicyclic) bond motifs is 8. The Labute approximate surface area is 854 Å². The van der Waals surface area contributed by atoms with Crippen LogP contribution in [0.4, 0.5) is 4.39 Å². The summed E-state index contributed by atoms with van der Waals surface area (Å²) in [5.74, 6) is 9.41. The summed E-state index contributed by atoms with van der Waals surface area (Å²) < 4.78 is 65.2. The fraction of sp³-hybridized carbons (Fsp3) is 0.143. The van der Waals surface area contributed by atoms with Gasteiger partial charge in [-0.1, -0.05) is 56.1 Å². The number of hydrogen-bond acceptors (Lipinski definition) is 16. The molecule has 0 atom stereocenters. The second-order valence-electron chi connectivity index (χ2n) is 35.0. The van der Waals surface area contributed by atoms with Crippen molar-refractivity contribution in [2.75, 3.05) is 0 Å². The molecule has 0 fully saturated rings. The first-order valence-corrected chi connectivity index (χ1v) is 47.4. The maximum Gasteiger partial charge on any atom is 2.00 e. The molecule has 3 N–H and O–H groups in total. The number of aryl methyl sites for hydroxylation is 16. The maximum absolute atomic E-state index is 12.1. The van der Waals surface area contributed by atoms with Crippen molar-refractivity contribution in [2.24, 2.45) is 0 Å². The molecule has 0 amide bonds. The number of H-pyrrole nitrogens is 1. The topological polar surface area (TPSA) is 249 Å². The summed E-state index contributed by atoms with van der Waals surface area (Å²) in [5, 5.41) is 56.2. The largest absolute Gasteiger partial charge is 2.00 e. The second-order valence-corrected chi connectivity index (χ2v) is 36.8. The summed E-state index contributed by atoms with van der Waals surface area (Å²) in [6, 6.07) is 99.9. The van der Waals surface area contributed by atoms with Gasteiger partial charge in [-0.05, 0) is 364 Å². The first-order valence-electron chi connectivity index (χ1n) is 45.8. The molecule has 0 saturated heterocycles. The van der Waals surface area contributed by atoms with E-state index < -0.39 is 0 Å². The van der Waals surface area contributed by atoms with Crippen molar-refractivity contribution in [1.82, 2.24) is 78.7 Å².